The standard InChI is InChI=1S/C14H18O2/c1-5-9(2)12-6-7-13(10(3)15)14(8-12)11(4)16/h6-9H,5H2,1-4H3. The van der Waals surface area contributed by atoms with Crippen LogP contribution < -0.4 is 0 Å². The van der Waals surface area contributed by atoms with Gasteiger partial charge in [0.1, 0.15) is 0 Å². The van der Waals surface area contributed by atoms with Gasteiger partial charge in [0, 0.05) is 11.1 Å². The summed E-state index contributed by atoms with van der Waals surface area (Å²) < 4.78 is 0. The zero-order valence-electron chi connectivity index (χ0n) is 10.3. The van der Waals surface area contributed by atoms with Gasteiger partial charge in [-0.3, -0.25) is 9.59 Å². The van der Waals surface area contributed by atoms with Gasteiger partial charge in [-0.05, 0) is 37.8 Å². The monoisotopic (exact) mass is 218 g/mol. The summed E-state index contributed by atoms with van der Waals surface area (Å²) >= 11 is 0. The Bertz CT molecular complexity index is 419. The molecule has 1 aromatic carbocycles. The summed E-state index contributed by atoms with van der Waals surface area (Å²) in [5.74, 6) is 0.315. The summed E-state index contributed by atoms with van der Waals surface area (Å²) in [6.45, 7) is 7.22. The number of ketones is 2. The molecule has 0 aromatic heterocycles. The molecule has 0 N–H and O–H groups in total. The zero-order valence-corrected chi connectivity index (χ0v) is 10.3. The predicted octanol–water partition coefficient (Wildman–Crippen LogP) is 3.61. The van der Waals surface area contributed by atoms with Crippen molar-refractivity contribution >= 4 is 11.6 Å². The Hall–Kier alpha value is -1.44. The summed E-state index contributed by atoms with van der Waals surface area (Å²) in [7, 11) is 0. The van der Waals surface area contributed by atoms with Gasteiger partial charge in [-0.25, -0.2) is 0 Å². The number of carbonyl (C=O) groups is 2. The Morgan fingerprint density at radius 3 is 2.12 bits per heavy atom. The third-order valence-electron chi connectivity index (χ3n) is 2.98. The van der Waals surface area contributed by atoms with Crippen LogP contribution in [0.4, 0.5) is 0 Å². The van der Waals surface area contributed by atoms with Gasteiger partial charge in [-0.15, -0.1) is 0 Å². The molecule has 1 atom stereocenters. The third kappa shape index (κ3) is 2.57. The van der Waals surface area contributed by atoms with Crippen LogP contribution in [0.1, 0.15) is 66.3 Å². The minimum Gasteiger partial charge on any atom is -0.294 e. The fourth-order valence-corrected chi connectivity index (χ4v) is 1.70. The van der Waals surface area contributed by atoms with Crippen molar-refractivity contribution in [2.24, 2.45) is 0 Å². The topological polar surface area (TPSA) is 34.1 Å². The number of Topliss-reactive ketones (excluding diaryl/α,β-unsaturated/α-hetero) is 2. The van der Waals surface area contributed by atoms with E-state index in [9.17, 15) is 9.59 Å². The first-order valence-corrected chi connectivity index (χ1v) is 5.63. The van der Waals surface area contributed by atoms with Crippen LogP contribution in [0.5, 0.6) is 0 Å². The molecule has 86 valence electrons. The second-order valence-electron chi connectivity index (χ2n) is 4.23. The van der Waals surface area contributed by atoms with E-state index < -0.39 is 0 Å². The number of carbonyl (C=O) groups excluding carboxylic acids is 2. The van der Waals surface area contributed by atoms with E-state index in [0.717, 1.165) is 12.0 Å². The fraction of sp³-hybridized carbons (Fsp3) is 0.429. The van der Waals surface area contributed by atoms with Crippen molar-refractivity contribution in [2.45, 2.75) is 40.0 Å². The van der Waals surface area contributed by atoms with Gasteiger partial charge < -0.3 is 0 Å². The van der Waals surface area contributed by atoms with Gasteiger partial charge in [0.2, 0.25) is 0 Å². The van der Waals surface area contributed by atoms with Gasteiger partial charge in [0.05, 0.1) is 0 Å². The highest BCUT2D eigenvalue weighted by atomic mass is 16.1. The largest absolute Gasteiger partial charge is 0.294 e. The van der Waals surface area contributed by atoms with E-state index in [2.05, 4.69) is 13.8 Å². The Morgan fingerprint density at radius 1 is 1.12 bits per heavy atom. The van der Waals surface area contributed by atoms with Crippen molar-refractivity contribution in [3.63, 3.8) is 0 Å². The predicted molar refractivity (Wildman–Crippen MR) is 65.2 cm³/mol. The maximum absolute atomic E-state index is 11.5. The molecule has 0 saturated heterocycles. The van der Waals surface area contributed by atoms with Crippen LogP contribution in [0.2, 0.25) is 0 Å². The van der Waals surface area contributed by atoms with Gasteiger partial charge in [0.15, 0.2) is 11.6 Å². The molecular weight excluding hydrogens is 200 g/mol. The summed E-state index contributed by atoms with van der Waals surface area (Å²) in [4.78, 5) is 22.9. The maximum Gasteiger partial charge on any atom is 0.160 e. The fourth-order valence-electron chi connectivity index (χ4n) is 1.70. The highest BCUT2D eigenvalue weighted by Crippen LogP contribution is 2.22. The summed E-state index contributed by atoms with van der Waals surface area (Å²) in [6.07, 6.45) is 1.02. The zero-order chi connectivity index (χ0) is 12.3. The lowest BCUT2D eigenvalue weighted by atomic mass is 9.92. The molecule has 2 nitrogen and oxygen atoms in total. The van der Waals surface area contributed by atoms with Crippen molar-refractivity contribution in [3.05, 3.63) is 34.9 Å². The van der Waals surface area contributed by atoms with E-state index in [0.29, 0.717) is 17.0 Å². The van der Waals surface area contributed by atoms with Gasteiger partial charge in [0.25, 0.3) is 0 Å². The molecule has 2 heteroatoms. The van der Waals surface area contributed by atoms with E-state index in [-0.39, 0.29) is 11.6 Å². The quantitative estimate of drug-likeness (QED) is 0.723. The Labute approximate surface area is 96.7 Å². The molecule has 0 saturated carbocycles. The molecule has 0 radical (unpaired) electrons. The minimum absolute atomic E-state index is 0.0460. The highest BCUT2D eigenvalue weighted by molar-refractivity contribution is 6.07. The average molecular weight is 218 g/mol. The molecule has 0 aliphatic heterocycles. The molecule has 0 spiro atoms. The van der Waals surface area contributed by atoms with Crippen molar-refractivity contribution in [3.8, 4) is 0 Å². The first kappa shape index (κ1) is 12.6. The van der Waals surface area contributed by atoms with Crippen LogP contribution in [0.25, 0.3) is 0 Å². The van der Waals surface area contributed by atoms with Crippen LogP contribution in [0.3, 0.4) is 0 Å². The van der Waals surface area contributed by atoms with Crippen LogP contribution >= 0.6 is 0 Å². The van der Waals surface area contributed by atoms with E-state index >= 15 is 0 Å². The van der Waals surface area contributed by atoms with Crippen LogP contribution in [0, 0.1) is 0 Å². The number of hydrogen-bond donors (Lipinski definition) is 0. The maximum atomic E-state index is 11.5. The molecule has 0 aliphatic carbocycles. The lowest BCUT2D eigenvalue weighted by Crippen LogP contribution is -2.06. The van der Waals surface area contributed by atoms with E-state index in [4.69, 9.17) is 0 Å². The van der Waals surface area contributed by atoms with E-state index in [1.807, 2.05) is 12.1 Å². The van der Waals surface area contributed by atoms with Gasteiger partial charge >= 0.3 is 0 Å². The lowest BCUT2D eigenvalue weighted by molar-refractivity contribution is 0.0980. The molecule has 16 heavy (non-hydrogen) atoms. The first-order valence-electron chi connectivity index (χ1n) is 5.63. The minimum atomic E-state index is -0.0547. The second-order valence-corrected chi connectivity index (χ2v) is 4.23. The van der Waals surface area contributed by atoms with Crippen molar-refractivity contribution in [2.75, 3.05) is 0 Å². The van der Waals surface area contributed by atoms with Crippen molar-refractivity contribution in [1.82, 2.24) is 0 Å². The summed E-state index contributed by atoms with van der Waals surface area (Å²) in [5.41, 5.74) is 2.20. The molecule has 0 fully saturated rings. The Kier molecular flexibility index (Phi) is 3.99. The smallest absolute Gasteiger partial charge is 0.160 e. The molecule has 1 aromatic rings. The van der Waals surface area contributed by atoms with Crippen molar-refractivity contribution in [1.29, 1.82) is 0 Å². The van der Waals surface area contributed by atoms with Crippen molar-refractivity contribution < 1.29 is 9.59 Å². The average Bonchev–Trinajstić information content (AvgIpc) is 2.26. The number of hydrogen-bond acceptors (Lipinski definition) is 2. The SMILES string of the molecule is CCC(C)c1ccc(C(C)=O)c(C(C)=O)c1. The first-order chi connectivity index (χ1) is 7.47. The number of benzene rings is 1. The Balaban J connectivity index is 3.28. The van der Waals surface area contributed by atoms with Crippen LogP contribution in [-0.2, 0) is 0 Å². The molecule has 0 aliphatic rings. The van der Waals surface area contributed by atoms with Gasteiger partial charge in [-0.1, -0.05) is 26.0 Å². The number of rotatable bonds is 4. The normalized spacial score (nSPS) is 12.2. The molecular formula is C14H18O2. The van der Waals surface area contributed by atoms with Crippen LogP contribution in [-0.4, -0.2) is 11.6 Å². The molecule has 1 rings (SSSR count). The molecule has 1 unspecified atom stereocenters. The molecule has 0 bridgehead atoms. The second kappa shape index (κ2) is 5.06. The summed E-state index contributed by atoms with van der Waals surface area (Å²) in [5, 5.41) is 0. The summed E-state index contributed by atoms with van der Waals surface area (Å²) in [6, 6.07) is 5.56. The molecule has 0 amide bonds. The van der Waals surface area contributed by atoms with Gasteiger partial charge in [-0.2, -0.15) is 0 Å². The molecule has 0 heterocycles. The van der Waals surface area contributed by atoms with E-state index in [1.165, 1.54) is 13.8 Å². The van der Waals surface area contributed by atoms with E-state index in [1.54, 1.807) is 6.07 Å². The third-order valence-corrected chi connectivity index (χ3v) is 2.98. The Morgan fingerprint density at radius 2 is 1.69 bits per heavy atom. The lowest BCUT2D eigenvalue weighted by Gasteiger charge is -2.12. The highest BCUT2D eigenvalue weighted by Gasteiger charge is 2.13. The van der Waals surface area contributed by atoms with Crippen LogP contribution in [0.15, 0.2) is 18.2 Å².